The van der Waals surface area contributed by atoms with Crippen molar-refractivity contribution in [3.63, 3.8) is 0 Å². The van der Waals surface area contributed by atoms with E-state index in [1.165, 1.54) is 0 Å². The molecule has 7 nitrogen and oxygen atoms in total. The van der Waals surface area contributed by atoms with Crippen molar-refractivity contribution in [3.8, 4) is 0 Å². The quantitative estimate of drug-likeness (QED) is 0.256. The van der Waals surface area contributed by atoms with Gasteiger partial charge in [-0.25, -0.2) is 0 Å². The second-order valence-corrected chi connectivity index (χ2v) is 2.88. The Labute approximate surface area is 74.1 Å². The maximum absolute atomic E-state index is 9.29. The van der Waals surface area contributed by atoms with Crippen LogP contribution >= 0.6 is 0 Å². The Morgan fingerprint density at radius 1 is 1.15 bits per heavy atom. The fraction of sp³-hybridized carbons (Fsp3) is 1.00. The number of hydrogen-bond acceptors (Lipinski definition) is 7. The second-order valence-electron chi connectivity index (χ2n) is 2.88. The Balaban J connectivity index is 2.66. The molecule has 5 atom stereocenters. The van der Waals surface area contributed by atoms with E-state index in [1.54, 1.807) is 5.48 Å². The van der Waals surface area contributed by atoms with Crippen LogP contribution < -0.4 is 5.48 Å². The highest BCUT2D eigenvalue weighted by atomic mass is 16.6. The van der Waals surface area contributed by atoms with Crippen LogP contribution in [-0.2, 0) is 4.74 Å². The van der Waals surface area contributed by atoms with E-state index < -0.39 is 37.3 Å². The molecule has 1 saturated heterocycles. The minimum absolute atomic E-state index is 0.520. The summed E-state index contributed by atoms with van der Waals surface area (Å²) in [6.07, 6.45) is -5.26. The molecule has 1 fully saturated rings. The predicted molar refractivity (Wildman–Crippen MR) is 38.7 cm³/mol. The lowest BCUT2D eigenvalue weighted by Gasteiger charge is -2.39. The van der Waals surface area contributed by atoms with Crippen LogP contribution in [0, 0.1) is 0 Å². The molecular formula is C6H13NO6. The minimum Gasteiger partial charge on any atom is -0.394 e. The summed E-state index contributed by atoms with van der Waals surface area (Å²) in [4.78, 5) is 0. The molecule has 0 aliphatic carbocycles. The predicted octanol–water partition coefficient (Wildman–Crippen LogP) is -3.23. The Hall–Kier alpha value is -0.280. The summed E-state index contributed by atoms with van der Waals surface area (Å²) in [6, 6.07) is -1.18. The molecule has 0 amide bonds. The van der Waals surface area contributed by atoms with Crippen molar-refractivity contribution in [2.75, 3.05) is 6.61 Å². The van der Waals surface area contributed by atoms with Crippen LogP contribution in [0.1, 0.15) is 0 Å². The van der Waals surface area contributed by atoms with Crippen molar-refractivity contribution in [1.29, 1.82) is 0 Å². The van der Waals surface area contributed by atoms with Crippen LogP contribution in [-0.4, -0.2) is 62.9 Å². The van der Waals surface area contributed by atoms with Gasteiger partial charge in [0.15, 0.2) is 6.29 Å². The van der Waals surface area contributed by atoms with Crippen molar-refractivity contribution in [2.45, 2.75) is 30.6 Å². The van der Waals surface area contributed by atoms with Gasteiger partial charge in [0, 0.05) is 0 Å². The normalized spacial score (nSPS) is 46.4. The monoisotopic (exact) mass is 195 g/mol. The van der Waals surface area contributed by atoms with Crippen molar-refractivity contribution >= 4 is 0 Å². The maximum atomic E-state index is 9.29. The SMILES string of the molecule is OC[C@H]1OC(O)[C@H](NO)[C@@H](O)[C@@H]1O. The highest BCUT2D eigenvalue weighted by Gasteiger charge is 2.43. The molecule has 78 valence electrons. The summed E-state index contributed by atoms with van der Waals surface area (Å²) >= 11 is 0. The third-order valence-electron chi connectivity index (χ3n) is 2.05. The number of rotatable bonds is 2. The van der Waals surface area contributed by atoms with Gasteiger partial charge < -0.3 is 30.4 Å². The number of aliphatic hydroxyl groups is 4. The Bertz CT molecular complexity index is 167. The van der Waals surface area contributed by atoms with Crippen molar-refractivity contribution in [2.24, 2.45) is 0 Å². The Morgan fingerprint density at radius 3 is 2.23 bits per heavy atom. The third kappa shape index (κ3) is 1.97. The molecule has 1 unspecified atom stereocenters. The molecule has 1 rings (SSSR count). The molecule has 7 heteroatoms. The van der Waals surface area contributed by atoms with Gasteiger partial charge in [-0.2, -0.15) is 5.48 Å². The average molecular weight is 195 g/mol. The summed E-state index contributed by atoms with van der Waals surface area (Å²) in [7, 11) is 0. The summed E-state index contributed by atoms with van der Waals surface area (Å²) in [5.74, 6) is 0. The Kier molecular flexibility index (Phi) is 3.56. The third-order valence-corrected chi connectivity index (χ3v) is 2.05. The number of ether oxygens (including phenoxy) is 1. The molecule has 0 saturated carbocycles. The smallest absolute Gasteiger partial charge is 0.175 e. The van der Waals surface area contributed by atoms with Crippen LogP contribution in [0.15, 0.2) is 0 Å². The van der Waals surface area contributed by atoms with Gasteiger partial charge in [-0.05, 0) is 0 Å². The molecule has 0 aromatic rings. The lowest BCUT2D eigenvalue weighted by atomic mass is 9.98. The fourth-order valence-electron chi connectivity index (χ4n) is 1.24. The van der Waals surface area contributed by atoms with E-state index in [1.807, 2.05) is 0 Å². The maximum Gasteiger partial charge on any atom is 0.175 e. The van der Waals surface area contributed by atoms with Crippen molar-refractivity contribution in [1.82, 2.24) is 5.48 Å². The van der Waals surface area contributed by atoms with Gasteiger partial charge in [0.25, 0.3) is 0 Å². The van der Waals surface area contributed by atoms with E-state index >= 15 is 0 Å². The number of hydroxylamine groups is 1. The summed E-state index contributed by atoms with van der Waals surface area (Å²) in [6.45, 7) is -0.520. The lowest BCUT2D eigenvalue weighted by Crippen LogP contribution is -2.62. The number of nitrogens with one attached hydrogen (secondary N) is 1. The summed E-state index contributed by atoms with van der Waals surface area (Å²) in [5.41, 5.74) is 1.61. The number of hydrogen-bond donors (Lipinski definition) is 6. The molecule has 1 heterocycles. The number of aliphatic hydroxyl groups excluding tert-OH is 4. The lowest BCUT2D eigenvalue weighted by molar-refractivity contribution is -0.265. The molecule has 0 aromatic carbocycles. The van der Waals surface area contributed by atoms with Crippen LogP contribution in [0.2, 0.25) is 0 Å². The van der Waals surface area contributed by atoms with Gasteiger partial charge in [-0.15, -0.1) is 0 Å². The minimum atomic E-state index is -1.47. The van der Waals surface area contributed by atoms with Crippen LogP contribution in [0.25, 0.3) is 0 Å². The van der Waals surface area contributed by atoms with Crippen molar-refractivity contribution in [3.05, 3.63) is 0 Å². The molecule has 0 radical (unpaired) electrons. The van der Waals surface area contributed by atoms with E-state index in [-0.39, 0.29) is 0 Å². The molecule has 0 aromatic heterocycles. The molecule has 0 spiro atoms. The van der Waals surface area contributed by atoms with Gasteiger partial charge in [0.1, 0.15) is 24.4 Å². The van der Waals surface area contributed by atoms with Gasteiger partial charge in [0.2, 0.25) is 0 Å². The second kappa shape index (κ2) is 4.29. The van der Waals surface area contributed by atoms with Crippen molar-refractivity contribution < 1.29 is 30.4 Å². The fourth-order valence-corrected chi connectivity index (χ4v) is 1.24. The zero-order valence-corrected chi connectivity index (χ0v) is 6.74. The molecule has 1 aliphatic rings. The standard InChI is InChI=1S/C6H13NO6/c8-1-2-4(9)5(10)3(7-12)6(11)13-2/h2-12H,1H2/t2-,3-,4-,5-,6?/m1/s1. The van der Waals surface area contributed by atoms with E-state index in [2.05, 4.69) is 0 Å². The highest BCUT2D eigenvalue weighted by Crippen LogP contribution is 2.18. The summed E-state index contributed by atoms with van der Waals surface area (Å²) < 4.78 is 4.69. The molecule has 13 heavy (non-hydrogen) atoms. The van der Waals surface area contributed by atoms with E-state index in [0.717, 1.165) is 0 Å². The first-order chi connectivity index (χ1) is 6.11. The molecule has 0 bridgehead atoms. The molecule has 6 N–H and O–H groups in total. The highest BCUT2D eigenvalue weighted by molar-refractivity contribution is 4.90. The van der Waals surface area contributed by atoms with Gasteiger partial charge >= 0.3 is 0 Å². The van der Waals surface area contributed by atoms with Crippen LogP contribution in [0.4, 0.5) is 0 Å². The van der Waals surface area contributed by atoms with Gasteiger partial charge in [0.05, 0.1) is 6.61 Å². The first kappa shape index (κ1) is 10.8. The molecule has 1 aliphatic heterocycles. The van der Waals surface area contributed by atoms with E-state index in [4.69, 9.17) is 20.2 Å². The van der Waals surface area contributed by atoms with Gasteiger partial charge in [-0.3, -0.25) is 0 Å². The Morgan fingerprint density at radius 2 is 1.77 bits per heavy atom. The zero-order valence-electron chi connectivity index (χ0n) is 6.74. The largest absolute Gasteiger partial charge is 0.394 e. The van der Waals surface area contributed by atoms with E-state index in [0.29, 0.717) is 0 Å². The summed E-state index contributed by atoms with van der Waals surface area (Å²) in [5, 5.41) is 44.8. The first-order valence-electron chi connectivity index (χ1n) is 3.82. The molecular weight excluding hydrogens is 182 g/mol. The van der Waals surface area contributed by atoms with Crippen LogP contribution in [0.3, 0.4) is 0 Å². The topological polar surface area (TPSA) is 122 Å². The zero-order chi connectivity index (χ0) is 10.0. The first-order valence-corrected chi connectivity index (χ1v) is 3.82. The van der Waals surface area contributed by atoms with E-state index in [9.17, 15) is 10.2 Å². The average Bonchev–Trinajstić information content (AvgIpc) is 2.12. The van der Waals surface area contributed by atoms with Gasteiger partial charge in [-0.1, -0.05) is 0 Å². The van der Waals surface area contributed by atoms with Crippen LogP contribution in [0.5, 0.6) is 0 Å².